The molecule has 0 aliphatic carbocycles. The Balaban J connectivity index is 2.83. The number of aromatic amines is 1. The van der Waals surface area contributed by atoms with Gasteiger partial charge in [0.15, 0.2) is 0 Å². The minimum atomic E-state index is 0.826. The van der Waals surface area contributed by atoms with Crippen LogP contribution in [0.2, 0.25) is 0 Å². The number of aromatic nitrogens is 2. The number of nitrogens with zero attached hydrogens (tertiary/aromatic N) is 1. The molecular formula is C8H6BrIN2O. The van der Waals surface area contributed by atoms with E-state index in [1.54, 1.807) is 7.11 Å². The van der Waals surface area contributed by atoms with Crippen molar-refractivity contribution in [3.8, 4) is 5.75 Å². The smallest absolute Gasteiger partial charge is 0.133 e. The lowest BCUT2D eigenvalue weighted by molar-refractivity contribution is 0.413. The second-order valence-corrected chi connectivity index (χ2v) is 4.39. The van der Waals surface area contributed by atoms with Gasteiger partial charge in [0.1, 0.15) is 9.45 Å². The summed E-state index contributed by atoms with van der Waals surface area (Å²) in [5, 5.41) is 8.13. The first-order valence-corrected chi connectivity index (χ1v) is 5.47. The SMILES string of the molecule is COc1ccc2n[nH]c(I)c2c1Br. The zero-order valence-electron chi connectivity index (χ0n) is 6.77. The first-order chi connectivity index (χ1) is 6.24. The highest BCUT2D eigenvalue weighted by Crippen LogP contribution is 2.34. The van der Waals surface area contributed by atoms with E-state index in [0.29, 0.717) is 0 Å². The van der Waals surface area contributed by atoms with Gasteiger partial charge in [-0.1, -0.05) is 0 Å². The number of rotatable bonds is 1. The lowest BCUT2D eigenvalue weighted by Crippen LogP contribution is -1.84. The molecule has 0 saturated carbocycles. The molecule has 0 fully saturated rings. The summed E-state index contributed by atoms with van der Waals surface area (Å²) in [7, 11) is 1.65. The zero-order chi connectivity index (χ0) is 9.42. The van der Waals surface area contributed by atoms with E-state index in [4.69, 9.17) is 4.74 Å². The Bertz CT molecular complexity index is 455. The van der Waals surface area contributed by atoms with Crippen molar-refractivity contribution in [3.05, 3.63) is 20.3 Å². The largest absolute Gasteiger partial charge is 0.496 e. The summed E-state index contributed by atoms with van der Waals surface area (Å²) in [6.45, 7) is 0. The zero-order valence-corrected chi connectivity index (χ0v) is 10.5. The lowest BCUT2D eigenvalue weighted by Gasteiger charge is -2.02. The van der Waals surface area contributed by atoms with Crippen LogP contribution in [0.25, 0.3) is 10.9 Å². The van der Waals surface area contributed by atoms with E-state index in [1.807, 2.05) is 12.1 Å². The van der Waals surface area contributed by atoms with Crippen LogP contribution in [0.4, 0.5) is 0 Å². The van der Waals surface area contributed by atoms with Gasteiger partial charge < -0.3 is 4.74 Å². The number of ether oxygens (including phenoxy) is 1. The van der Waals surface area contributed by atoms with Crippen LogP contribution in [0.1, 0.15) is 0 Å². The molecule has 2 rings (SSSR count). The third kappa shape index (κ3) is 1.43. The molecule has 0 bridgehead atoms. The highest BCUT2D eigenvalue weighted by Gasteiger charge is 2.10. The van der Waals surface area contributed by atoms with Crippen molar-refractivity contribution in [1.29, 1.82) is 0 Å². The molecule has 68 valence electrons. The molecule has 13 heavy (non-hydrogen) atoms. The van der Waals surface area contributed by atoms with E-state index in [1.165, 1.54) is 0 Å². The predicted octanol–water partition coefficient (Wildman–Crippen LogP) is 2.94. The second kappa shape index (κ2) is 3.45. The Kier molecular flexibility index (Phi) is 2.46. The number of benzene rings is 1. The maximum absolute atomic E-state index is 5.19. The van der Waals surface area contributed by atoms with Gasteiger partial charge in [-0.2, -0.15) is 5.10 Å². The molecule has 0 unspecified atom stereocenters. The molecule has 0 spiro atoms. The fourth-order valence-corrected chi connectivity index (χ4v) is 2.90. The van der Waals surface area contributed by atoms with Crippen LogP contribution in [0.15, 0.2) is 16.6 Å². The second-order valence-electron chi connectivity index (χ2n) is 2.51. The van der Waals surface area contributed by atoms with Gasteiger partial charge in [0, 0.05) is 0 Å². The Morgan fingerprint density at radius 2 is 2.31 bits per heavy atom. The molecule has 1 aromatic carbocycles. The molecule has 0 radical (unpaired) electrons. The Morgan fingerprint density at radius 1 is 1.54 bits per heavy atom. The van der Waals surface area contributed by atoms with Crippen LogP contribution in [0.3, 0.4) is 0 Å². The number of hydrogen-bond donors (Lipinski definition) is 1. The van der Waals surface area contributed by atoms with E-state index in [-0.39, 0.29) is 0 Å². The number of fused-ring (bicyclic) bond motifs is 1. The Labute approximate surface area is 97.1 Å². The maximum Gasteiger partial charge on any atom is 0.133 e. The molecule has 1 N–H and O–H groups in total. The first kappa shape index (κ1) is 9.26. The summed E-state index contributed by atoms with van der Waals surface area (Å²) in [6, 6.07) is 3.82. The van der Waals surface area contributed by atoms with Gasteiger partial charge in [0.05, 0.1) is 22.5 Å². The van der Waals surface area contributed by atoms with Crippen molar-refractivity contribution in [3.63, 3.8) is 0 Å². The number of nitrogens with one attached hydrogen (secondary N) is 1. The van der Waals surface area contributed by atoms with Crippen LogP contribution < -0.4 is 4.74 Å². The van der Waals surface area contributed by atoms with Crippen molar-refractivity contribution in [2.75, 3.05) is 7.11 Å². The molecule has 1 aromatic heterocycles. The quantitative estimate of drug-likeness (QED) is 0.801. The molecule has 1 heterocycles. The van der Waals surface area contributed by atoms with Crippen molar-refractivity contribution in [2.24, 2.45) is 0 Å². The minimum Gasteiger partial charge on any atom is -0.496 e. The van der Waals surface area contributed by atoms with Crippen LogP contribution in [0.5, 0.6) is 5.75 Å². The summed E-state index contributed by atoms with van der Waals surface area (Å²) in [5.74, 6) is 0.826. The molecule has 5 heteroatoms. The fourth-order valence-electron chi connectivity index (χ4n) is 1.17. The van der Waals surface area contributed by atoms with E-state index >= 15 is 0 Å². The molecule has 3 nitrogen and oxygen atoms in total. The van der Waals surface area contributed by atoms with Gasteiger partial charge in [0.2, 0.25) is 0 Å². The van der Waals surface area contributed by atoms with Gasteiger partial charge in [0.25, 0.3) is 0 Å². The summed E-state index contributed by atoms with van der Waals surface area (Å²) in [6.07, 6.45) is 0. The van der Waals surface area contributed by atoms with Crippen LogP contribution in [-0.2, 0) is 0 Å². The van der Waals surface area contributed by atoms with Gasteiger partial charge in [-0.3, -0.25) is 5.10 Å². The number of H-pyrrole nitrogens is 1. The highest BCUT2D eigenvalue weighted by molar-refractivity contribution is 14.1. The average molecular weight is 353 g/mol. The third-order valence-corrected chi connectivity index (χ3v) is 3.37. The molecule has 0 amide bonds. The monoisotopic (exact) mass is 352 g/mol. The molecular weight excluding hydrogens is 347 g/mol. The molecule has 2 aromatic rings. The van der Waals surface area contributed by atoms with Gasteiger partial charge in [-0.05, 0) is 50.7 Å². The van der Waals surface area contributed by atoms with E-state index in [9.17, 15) is 0 Å². The summed E-state index contributed by atoms with van der Waals surface area (Å²) in [4.78, 5) is 0. The molecule has 0 saturated heterocycles. The maximum atomic E-state index is 5.19. The summed E-state index contributed by atoms with van der Waals surface area (Å²) in [5.41, 5.74) is 0.942. The van der Waals surface area contributed by atoms with Crippen LogP contribution in [-0.4, -0.2) is 17.3 Å². The lowest BCUT2D eigenvalue weighted by atomic mass is 10.2. The van der Waals surface area contributed by atoms with Gasteiger partial charge in [-0.25, -0.2) is 0 Å². The number of hydrogen-bond acceptors (Lipinski definition) is 2. The van der Waals surface area contributed by atoms with Crippen molar-refractivity contribution in [2.45, 2.75) is 0 Å². The van der Waals surface area contributed by atoms with E-state index < -0.39 is 0 Å². The summed E-state index contributed by atoms with van der Waals surface area (Å²) < 4.78 is 7.15. The normalized spacial score (nSPS) is 10.7. The molecule has 0 atom stereocenters. The van der Waals surface area contributed by atoms with Crippen LogP contribution >= 0.6 is 38.5 Å². The third-order valence-electron chi connectivity index (χ3n) is 1.80. The van der Waals surface area contributed by atoms with Crippen molar-refractivity contribution < 1.29 is 4.74 Å². The van der Waals surface area contributed by atoms with Gasteiger partial charge >= 0.3 is 0 Å². The summed E-state index contributed by atoms with van der Waals surface area (Å²) >= 11 is 5.69. The van der Waals surface area contributed by atoms with Gasteiger partial charge in [-0.15, -0.1) is 0 Å². The molecule has 0 aliphatic rings. The average Bonchev–Trinajstić information content (AvgIpc) is 2.49. The molecule has 0 aliphatic heterocycles. The van der Waals surface area contributed by atoms with Crippen molar-refractivity contribution >= 4 is 49.4 Å². The van der Waals surface area contributed by atoms with E-state index in [2.05, 4.69) is 48.7 Å². The highest BCUT2D eigenvalue weighted by atomic mass is 127. The predicted molar refractivity (Wildman–Crippen MR) is 63.1 cm³/mol. The van der Waals surface area contributed by atoms with Crippen molar-refractivity contribution in [1.82, 2.24) is 10.2 Å². The minimum absolute atomic E-state index is 0.826. The first-order valence-electron chi connectivity index (χ1n) is 3.60. The Hall–Kier alpha value is -0.300. The fraction of sp³-hybridized carbons (Fsp3) is 0.125. The standard InChI is InChI=1S/C8H6BrIN2O/c1-13-5-3-2-4-6(7(5)9)8(10)12-11-4/h2-3H,1H3,(H,11,12). The Morgan fingerprint density at radius 3 is 3.00 bits per heavy atom. The number of methoxy groups -OCH3 is 1. The van der Waals surface area contributed by atoms with Crippen LogP contribution in [0, 0.1) is 3.70 Å². The number of halogens is 2. The topological polar surface area (TPSA) is 37.9 Å². The van der Waals surface area contributed by atoms with E-state index in [0.717, 1.165) is 24.8 Å².